The first kappa shape index (κ1) is 15.9. The number of nitrogens with zero attached hydrogens (tertiary/aromatic N) is 1. The first-order valence-corrected chi connectivity index (χ1v) is 6.09. The highest BCUT2D eigenvalue weighted by atomic mass is 16.4. The van der Waals surface area contributed by atoms with Crippen molar-refractivity contribution in [3.8, 4) is 0 Å². The molecule has 5 heteroatoms. The SMILES string of the molecule is CC(C)NCC(=O)N(CCCC(=O)O)C(C)C. The molecule has 100 valence electrons. The van der Waals surface area contributed by atoms with Crippen molar-refractivity contribution in [3.05, 3.63) is 0 Å². The second-order valence-electron chi connectivity index (χ2n) is 4.71. The summed E-state index contributed by atoms with van der Waals surface area (Å²) in [5.41, 5.74) is 0. The second kappa shape index (κ2) is 8.06. The maximum Gasteiger partial charge on any atom is 0.303 e. The number of amides is 1. The van der Waals surface area contributed by atoms with Gasteiger partial charge in [0.05, 0.1) is 6.54 Å². The van der Waals surface area contributed by atoms with Crippen LogP contribution in [-0.4, -0.2) is 47.1 Å². The predicted molar refractivity (Wildman–Crippen MR) is 66.9 cm³/mol. The molecule has 0 atom stereocenters. The van der Waals surface area contributed by atoms with Crippen LogP contribution in [0.5, 0.6) is 0 Å². The molecule has 17 heavy (non-hydrogen) atoms. The van der Waals surface area contributed by atoms with E-state index in [2.05, 4.69) is 5.32 Å². The average Bonchev–Trinajstić information content (AvgIpc) is 2.20. The number of aliphatic carboxylic acids is 1. The number of carbonyl (C=O) groups is 2. The molecule has 0 aliphatic heterocycles. The normalized spacial score (nSPS) is 10.9. The molecular weight excluding hydrogens is 220 g/mol. The molecule has 0 spiro atoms. The fraction of sp³-hybridized carbons (Fsp3) is 0.833. The van der Waals surface area contributed by atoms with Gasteiger partial charge in [0.1, 0.15) is 0 Å². The zero-order valence-electron chi connectivity index (χ0n) is 11.2. The summed E-state index contributed by atoms with van der Waals surface area (Å²) < 4.78 is 0. The van der Waals surface area contributed by atoms with Crippen LogP contribution in [0.4, 0.5) is 0 Å². The summed E-state index contributed by atoms with van der Waals surface area (Å²) in [7, 11) is 0. The third kappa shape index (κ3) is 7.74. The molecule has 0 bridgehead atoms. The van der Waals surface area contributed by atoms with Gasteiger partial charge >= 0.3 is 5.97 Å². The minimum Gasteiger partial charge on any atom is -0.481 e. The van der Waals surface area contributed by atoms with E-state index in [0.29, 0.717) is 19.5 Å². The summed E-state index contributed by atoms with van der Waals surface area (Å²) >= 11 is 0. The monoisotopic (exact) mass is 244 g/mol. The van der Waals surface area contributed by atoms with Gasteiger partial charge in [-0.25, -0.2) is 0 Å². The van der Waals surface area contributed by atoms with Gasteiger partial charge in [-0.05, 0) is 20.3 Å². The van der Waals surface area contributed by atoms with Crippen molar-refractivity contribution >= 4 is 11.9 Å². The molecule has 0 heterocycles. The van der Waals surface area contributed by atoms with Crippen molar-refractivity contribution in [1.29, 1.82) is 0 Å². The van der Waals surface area contributed by atoms with Crippen LogP contribution < -0.4 is 5.32 Å². The van der Waals surface area contributed by atoms with Gasteiger partial charge in [-0.3, -0.25) is 9.59 Å². The van der Waals surface area contributed by atoms with Crippen molar-refractivity contribution in [2.75, 3.05) is 13.1 Å². The molecule has 0 fully saturated rings. The molecule has 0 radical (unpaired) electrons. The standard InChI is InChI=1S/C12H24N2O3/c1-9(2)13-8-11(15)14(10(3)4)7-5-6-12(16)17/h9-10,13H,5-8H2,1-4H3,(H,16,17). The van der Waals surface area contributed by atoms with Crippen LogP contribution in [-0.2, 0) is 9.59 Å². The molecule has 0 saturated carbocycles. The first-order chi connectivity index (χ1) is 7.84. The predicted octanol–water partition coefficient (Wildman–Crippen LogP) is 1.09. The average molecular weight is 244 g/mol. The van der Waals surface area contributed by atoms with E-state index >= 15 is 0 Å². The van der Waals surface area contributed by atoms with E-state index in [-0.39, 0.29) is 24.4 Å². The Morgan fingerprint density at radius 3 is 2.24 bits per heavy atom. The molecule has 0 unspecified atom stereocenters. The van der Waals surface area contributed by atoms with E-state index in [9.17, 15) is 9.59 Å². The Balaban J connectivity index is 4.12. The van der Waals surface area contributed by atoms with Gasteiger partial charge in [0, 0.05) is 25.0 Å². The minimum atomic E-state index is -0.818. The quantitative estimate of drug-likeness (QED) is 0.670. The van der Waals surface area contributed by atoms with Crippen LogP contribution in [0.15, 0.2) is 0 Å². The van der Waals surface area contributed by atoms with Crippen molar-refractivity contribution in [2.45, 2.75) is 52.6 Å². The Bertz CT molecular complexity index is 252. The summed E-state index contributed by atoms with van der Waals surface area (Å²) in [4.78, 5) is 24.0. The van der Waals surface area contributed by atoms with Gasteiger partial charge in [0.15, 0.2) is 0 Å². The molecule has 0 aliphatic rings. The summed E-state index contributed by atoms with van der Waals surface area (Å²) in [6, 6.07) is 0.372. The van der Waals surface area contributed by atoms with E-state index < -0.39 is 5.97 Å². The fourth-order valence-electron chi connectivity index (χ4n) is 1.46. The largest absolute Gasteiger partial charge is 0.481 e. The number of hydrogen-bond donors (Lipinski definition) is 2. The number of carboxylic acids is 1. The molecule has 5 nitrogen and oxygen atoms in total. The van der Waals surface area contributed by atoms with Crippen molar-refractivity contribution in [2.24, 2.45) is 0 Å². The van der Waals surface area contributed by atoms with E-state index in [4.69, 9.17) is 5.11 Å². The van der Waals surface area contributed by atoms with Gasteiger partial charge < -0.3 is 15.3 Å². The van der Waals surface area contributed by atoms with E-state index in [1.54, 1.807) is 4.90 Å². The molecule has 0 aromatic heterocycles. The van der Waals surface area contributed by atoms with Crippen molar-refractivity contribution < 1.29 is 14.7 Å². The summed E-state index contributed by atoms with van der Waals surface area (Å²) in [6.45, 7) is 8.66. The van der Waals surface area contributed by atoms with Crippen LogP contribution in [0.1, 0.15) is 40.5 Å². The number of carbonyl (C=O) groups excluding carboxylic acids is 1. The Kier molecular flexibility index (Phi) is 7.54. The highest BCUT2D eigenvalue weighted by Crippen LogP contribution is 2.02. The van der Waals surface area contributed by atoms with Gasteiger partial charge in [0.25, 0.3) is 0 Å². The fourth-order valence-corrected chi connectivity index (χ4v) is 1.46. The summed E-state index contributed by atoms with van der Waals surface area (Å²) in [6.07, 6.45) is 0.606. The lowest BCUT2D eigenvalue weighted by Gasteiger charge is -2.27. The second-order valence-corrected chi connectivity index (χ2v) is 4.71. The molecule has 1 amide bonds. The lowest BCUT2D eigenvalue weighted by atomic mass is 10.2. The molecular formula is C12H24N2O3. The Labute approximate surface area is 103 Å². The van der Waals surface area contributed by atoms with Crippen LogP contribution in [0.3, 0.4) is 0 Å². The van der Waals surface area contributed by atoms with Crippen LogP contribution in [0.25, 0.3) is 0 Å². The zero-order valence-corrected chi connectivity index (χ0v) is 11.2. The maximum absolute atomic E-state index is 11.9. The van der Waals surface area contributed by atoms with E-state index in [1.807, 2.05) is 27.7 Å². The Hall–Kier alpha value is -1.10. The van der Waals surface area contributed by atoms with Gasteiger partial charge in [-0.15, -0.1) is 0 Å². The maximum atomic E-state index is 11.9. The molecule has 0 aliphatic carbocycles. The summed E-state index contributed by atoms with van der Waals surface area (Å²) in [5.74, 6) is -0.791. The minimum absolute atomic E-state index is 0.0269. The lowest BCUT2D eigenvalue weighted by molar-refractivity contribution is -0.138. The van der Waals surface area contributed by atoms with Crippen LogP contribution >= 0.6 is 0 Å². The number of rotatable bonds is 8. The molecule has 0 aromatic rings. The highest BCUT2D eigenvalue weighted by molar-refractivity contribution is 5.78. The highest BCUT2D eigenvalue weighted by Gasteiger charge is 2.16. The summed E-state index contributed by atoms with van der Waals surface area (Å²) in [5, 5.41) is 11.6. The number of nitrogens with one attached hydrogen (secondary N) is 1. The first-order valence-electron chi connectivity index (χ1n) is 6.09. The third-order valence-electron chi connectivity index (χ3n) is 2.39. The van der Waals surface area contributed by atoms with Crippen LogP contribution in [0.2, 0.25) is 0 Å². The Morgan fingerprint density at radius 2 is 1.82 bits per heavy atom. The van der Waals surface area contributed by atoms with Gasteiger partial charge in [-0.1, -0.05) is 13.8 Å². The third-order valence-corrected chi connectivity index (χ3v) is 2.39. The number of hydrogen-bond acceptors (Lipinski definition) is 3. The van der Waals surface area contributed by atoms with Crippen molar-refractivity contribution in [1.82, 2.24) is 10.2 Å². The topological polar surface area (TPSA) is 69.6 Å². The lowest BCUT2D eigenvalue weighted by Crippen LogP contribution is -2.44. The van der Waals surface area contributed by atoms with Gasteiger partial charge in [0.2, 0.25) is 5.91 Å². The molecule has 0 saturated heterocycles. The van der Waals surface area contributed by atoms with Gasteiger partial charge in [-0.2, -0.15) is 0 Å². The Morgan fingerprint density at radius 1 is 1.24 bits per heavy atom. The number of carboxylic acid groups (broad SMARTS) is 1. The molecule has 0 rings (SSSR count). The van der Waals surface area contributed by atoms with E-state index in [1.165, 1.54) is 0 Å². The van der Waals surface area contributed by atoms with Crippen molar-refractivity contribution in [3.63, 3.8) is 0 Å². The molecule has 2 N–H and O–H groups in total. The molecule has 0 aromatic carbocycles. The zero-order chi connectivity index (χ0) is 13.4. The van der Waals surface area contributed by atoms with E-state index in [0.717, 1.165) is 0 Å². The smallest absolute Gasteiger partial charge is 0.303 e. The van der Waals surface area contributed by atoms with Crippen LogP contribution in [0, 0.1) is 0 Å².